The quantitative estimate of drug-likeness (QED) is 0.481. The predicted molar refractivity (Wildman–Crippen MR) is 91.7 cm³/mol. The molecule has 138 valence electrons. The van der Waals surface area contributed by atoms with Crippen molar-refractivity contribution < 1.29 is 19.5 Å². The van der Waals surface area contributed by atoms with Gasteiger partial charge in [0.25, 0.3) is 0 Å². The first kappa shape index (κ1) is 20.3. The average molecular weight is 341 g/mol. The number of aliphatic carboxylic acids is 1. The van der Waals surface area contributed by atoms with E-state index in [1.54, 1.807) is 0 Å². The topological polar surface area (TPSA) is 108 Å². The zero-order valence-electron chi connectivity index (χ0n) is 14.8. The van der Waals surface area contributed by atoms with Crippen LogP contribution in [0.15, 0.2) is 0 Å². The van der Waals surface area contributed by atoms with E-state index in [4.69, 9.17) is 5.11 Å². The molecule has 24 heavy (non-hydrogen) atoms. The Kier molecular flexibility index (Phi) is 9.19. The first-order valence-electron chi connectivity index (χ1n) is 8.95. The lowest BCUT2D eigenvalue weighted by molar-refractivity contribution is -0.142. The van der Waals surface area contributed by atoms with Gasteiger partial charge in [-0.1, -0.05) is 33.1 Å². The molecule has 0 spiro atoms. The summed E-state index contributed by atoms with van der Waals surface area (Å²) in [6.07, 6.45) is 6.71. The minimum absolute atomic E-state index is 0.189. The van der Waals surface area contributed by atoms with Gasteiger partial charge in [-0.25, -0.2) is 9.59 Å². The maximum atomic E-state index is 11.8. The molecule has 1 aliphatic rings. The van der Waals surface area contributed by atoms with Crippen molar-refractivity contribution in [1.82, 2.24) is 16.0 Å². The summed E-state index contributed by atoms with van der Waals surface area (Å²) in [5.74, 6) is -1.11. The number of amides is 3. The summed E-state index contributed by atoms with van der Waals surface area (Å²) >= 11 is 0. The SMILES string of the molecule is CC(C)CC(NC(=O)CCCNC(=O)NC1CCCCC1)C(=O)O. The summed E-state index contributed by atoms with van der Waals surface area (Å²) < 4.78 is 0. The molecule has 1 saturated carbocycles. The fourth-order valence-electron chi connectivity index (χ4n) is 2.89. The molecule has 1 rings (SSSR count). The monoisotopic (exact) mass is 341 g/mol. The van der Waals surface area contributed by atoms with Crippen molar-refractivity contribution in [2.45, 2.75) is 77.3 Å². The normalized spacial score (nSPS) is 16.5. The highest BCUT2D eigenvalue weighted by molar-refractivity contribution is 5.83. The number of rotatable bonds is 9. The number of carbonyl (C=O) groups excluding carboxylic acids is 2. The van der Waals surface area contributed by atoms with Crippen LogP contribution in [0.25, 0.3) is 0 Å². The molecule has 3 amide bonds. The van der Waals surface area contributed by atoms with Gasteiger partial charge in [-0.05, 0) is 31.6 Å². The highest BCUT2D eigenvalue weighted by Crippen LogP contribution is 2.17. The maximum absolute atomic E-state index is 11.8. The van der Waals surface area contributed by atoms with E-state index < -0.39 is 12.0 Å². The molecule has 1 unspecified atom stereocenters. The summed E-state index contributed by atoms with van der Waals surface area (Å²) in [5.41, 5.74) is 0. The number of carbonyl (C=O) groups is 3. The van der Waals surface area contributed by atoms with Gasteiger partial charge in [0, 0.05) is 19.0 Å². The summed E-state index contributed by atoms with van der Waals surface area (Å²) in [4.78, 5) is 34.6. The van der Waals surface area contributed by atoms with Gasteiger partial charge in [0.05, 0.1) is 0 Å². The molecule has 7 heteroatoms. The Balaban J connectivity index is 2.15. The zero-order chi connectivity index (χ0) is 17.9. The van der Waals surface area contributed by atoms with Gasteiger partial charge in [-0.2, -0.15) is 0 Å². The van der Waals surface area contributed by atoms with Crippen molar-refractivity contribution >= 4 is 17.9 Å². The lowest BCUT2D eigenvalue weighted by atomic mass is 9.96. The Morgan fingerprint density at radius 3 is 2.38 bits per heavy atom. The molecule has 0 aromatic rings. The summed E-state index contributed by atoms with van der Waals surface area (Å²) in [6.45, 7) is 4.22. The second kappa shape index (κ2) is 10.9. The molecule has 0 radical (unpaired) electrons. The first-order valence-corrected chi connectivity index (χ1v) is 8.95. The number of urea groups is 1. The van der Waals surface area contributed by atoms with E-state index in [0.29, 0.717) is 19.4 Å². The van der Waals surface area contributed by atoms with Crippen LogP contribution >= 0.6 is 0 Å². The predicted octanol–water partition coefficient (Wildman–Crippen LogP) is 2.01. The second-order valence-electron chi connectivity index (χ2n) is 6.93. The Hall–Kier alpha value is -1.79. The molecule has 1 fully saturated rings. The van der Waals surface area contributed by atoms with Crippen LogP contribution < -0.4 is 16.0 Å². The van der Waals surface area contributed by atoms with E-state index in [9.17, 15) is 14.4 Å². The van der Waals surface area contributed by atoms with E-state index in [-0.39, 0.29) is 30.3 Å². The number of hydrogen-bond acceptors (Lipinski definition) is 3. The Labute approximate surface area is 144 Å². The molecule has 0 saturated heterocycles. The molecule has 1 aliphatic carbocycles. The lowest BCUT2D eigenvalue weighted by Gasteiger charge is -2.22. The van der Waals surface area contributed by atoms with Crippen LogP contribution in [0.3, 0.4) is 0 Å². The van der Waals surface area contributed by atoms with Gasteiger partial charge in [-0.3, -0.25) is 4.79 Å². The van der Waals surface area contributed by atoms with E-state index in [1.807, 2.05) is 13.8 Å². The molecular weight excluding hydrogens is 310 g/mol. The highest BCUT2D eigenvalue weighted by Gasteiger charge is 2.20. The summed E-state index contributed by atoms with van der Waals surface area (Å²) in [5, 5.41) is 17.3. The van der Waals surface area contributed by atoms with Crippen LogP contribution in [0, 0.1) is 5.92 Å². The van der Waals surface area contributed by atoms with Crippen molar-refractivity contribution in [2.75, 3.05) is 6.54 Å². The minimum atomic E-state index is -1.01. The highest BCUT2D eigenvalue weighted by atomic mass is 16.4. The third-order valence-electron chi connectivity index (χ3n) is 4.15. The van der Waals surface area contributed by atoms with Gasteiger partial charge in [-0.15, -0.1) is 0 Å². The Morgan fingerprint density at radius 1 is 1.12 bits per heavy atom. The van der Waals surface area contributed by atoms with E-state index in [0.717, 1.165) is 25.7 Å². The molecule has 0 bridgehead atoms. The number of hydrogen-bond donors (Lipinski definition) is 4. The van der Waals surface area contributed by atoms with E-state index >= 15 is 0 Å². The van der Waals surface area contributed by atoms with Crippen LogP contribution in [-0.4, -0.2) is 41.6 Å². The standard InChI is InChI=1S/C17H31N3O4/c1-12(2)11-14(16(22)23)20-15(21)9-6-10-18-17(24)19-13-7-4-3-5-8-13/h12-14H,3-11H2,1-2H3,(H,20,21)(H,22,23)(H2,18,19,24). The third-order valence-corrected chi connectivity index (χ3v) is 4.15. The Morgan fingerprint density at radius 2 is 1.79 bits per heavy atom. The van der Waals surface area contributed by atoms with Gasteiger partial charge in [0.2, 0.25) is 5.91 Å². The fraction of sp³-hybridized carbons (Fsp3) is 0.824. The van der Waals surface area contributed by atoms with Crippen molar-refractivity contribution in [2.24, 2.45) is 5.92 Å². The molecular formula is C17H31N3O4. The van der Waals surface area contributed by atoms with Crippen LogP contribution in [0.2, 0.25) is 0 Å². The van der Waals surface area contributed by atoms with Gasteiger partial charge in [0.1, 0.15) is 6.04 Å². The fourth-order valence-corrected chi connectivity index (χ4v) is 2.89. The number of nitrogens with one attached hydrogen (secondary N) is 3. The van der Waals surface area contributed by atoms with Crippen LogP contribution in [-0.2, 0) is 9.59 Å². The molecule has 0 aliphatic heterocycles. The van der Waals surface area contributed by atoms with Gasteiger partial charge >= 0.3 is 12.0 Å². The molecule has 0 aromatic heterocycles. The number of carboxylic acid groups (broad SMARTS) is 1. The zero-order valence-corrected chi connectivity index (χ0v) is 14.8. The lowest BCUT2D eigenvalue weighted by Crippen LogP contribution is -2.44. The van der Waals surface area contributed by atoms with Crippen LogP contribution in [0.5, 0.6) is 0 Å². The smallest absolute Gasteiger partial charge is 0.326 e. The van der Waals surface area contributed by atoms with Crippen LogP contribution in [0.4, 0.5) is 4.79 Å². The first-order chi connectivity index (χ1) is 11.4. The van der Waals surface area contributed by atoms with Crippen molar-refractivity contribution in [3.05, 3.63) is 0 Å². The van der Waals surface area contributed by atoms with Gasteiger partial charge in [0.15, 0.2) is 0 Å². The van der Waals surface area contributed by atoms with Crippen LogP contribution in [0.1, 0.15) is 65.2 Å². The molecule has 4 N–H and O–H groups in total. The summed E-state index contributed by atoms with van der Waals surface area (Å²) in [6, 6.07) is -0.778. The van der Waals surface area contributed by atoms with Crippen molar-refractivity contribution in [1.29, 1.82) is 0 Å². The van der Waals surface area contributed by atoms with Crippen molar-refractivity contribution in [3.63, 3.8) is 0 Å². The van der Waals surface area contributed by atoms with Crippen molar-refractivity contribution in [3.8, 4) is 0 Å². The molecule has 1 atom stereocenters. The van der Waals surface area contributed by atoms with E-state index in [1.165, 1.54) is 6.42 Å². The molecule has 0 heterocycles. The molecule has 7 nitrogen and oxygen atoms in total. The maximum Gasteiger partial charge on any atom is 0.326 e. The van der Waals surface area contributed by atoms with E-state index in [2.05, 4.69) is 16.0 Å². The third kappa shape index (κ3) is 8.74. The summed E-state index contributed by atoms with van der Waals surface area (Å²) in [7, 11) is 0. The molecule has 0 aromatic carbocycles. The minimum Gasteiger partial charge on any atom is -0.480 e. The second-order valence-corrected chi connectivity index (χ2v) is 6.93. The van der Waals surface area contributed by atoms with Gasteiger partial charge < -0.3 is 21.1 Å². The largest absolute Gasteiger partial charge is 0.480 e. The average Bonchev–Trinajstić information content (AvgIpc) is 2.51. The Bertz CT molecular complexity index is 420. The number of carboxylic acids is 1.